The quantitative estimate of drug-likeness (QED) is 0.216. The summed E-state index contributed by atoms with van der Waals surface area (Å²) in [6.07, 6.45) is 4.55. The summed E-state index contributed by atoms with van der Waals surface area (Å²) in [5.74, 6) is 1.75. The molecule has 0 aliphatic heterocycles. The van der Waals surface area contributed by atoms with Crippen LogP contribution < -0.4 is 0 Å². The van der Waals surface area contributed by atoms with Gasteiger partial charge in [-0.05, 0) is 67.6 Å². The Bertz CT molecular complexity index is 1290. The van der Waals surface area contributed by atoms with Crippen molar-refractivity contribution in [2.24, 2.45) is 5.16 Å². The molecule has 0 amide bonds. The third kappa shape index (κ3) is 4.55. The standard InChI is InChI=1S/C27H26N4O2/c1-17-5-3-4-6-23(17)24(16-25(31-32)22-13-14-28-18(2)15-22)19-7-9-20(10-8-19)26-29-30-27(33-26)21-11-12-21/h3-10,13-15,21,24,32H,11-12,16H2,1-2H3/b31-25+/t24-/m1/s1. The molecular weight excluding hydrogens is 412 g/mol. The van der Waals surface area contributed by atoms with Crippen LogP contribution in [0.2, 0.25) is 0 Å². The van der Waals surface area contributed by atoms with Crippen LogP contribution in [-0.2, 0) is 0 Å². The highest BCUT2D eigenvalue weighted by Gasteiger charge is 2.29. The number of aryl methyl sites for hydroxylation is 2. The predicted octanol–water partition coefficient (Wildman–Crippen LogP) is 6.03. The average molecular weight is 439 g/mol. The number of benzene rings is 2. The summed E-state index contributed by atoms with van der Waals surface area (Å²) in [6.45, 7) is 4.04. The Hall–Kier alpha value is -3.80. The van der Waals surface area contributed by atoms with Gasteiger partial charge in [-0.2, -0.15) is 0 Å². The van der Waals surface area contributed by atoms with Crippen molar-refractivity contribution in [2.75, 3.05) is 0 Å². The molecule has 1 fully saturated rings. The van der Waals surface area contributed by atoms with Crippen LogP contribution in [0.4, 0.5) is 0 Å². The van der Waals surface area contributed by atoms with Crippen molar-refractivity contribution < 1.29 is 9.62 Å². The van der Waals surface area contributed by atoms with Crippen LogP contribution in [-0.4, -0.2) is 26.1 Å². The molecule has 0 spiro atoms. The SMILES string of the molecule is Cc1cc(/C(C[C@H](c2ccc(-c3nnc(C4CC4)o3)cc2)c2ccccc2C)=N/O)ccn1. The molecule has 0 radical (unpaired) electrons. The smallest absolute Gasteiger partial charge is 0.247 e. The van der Waals surface area contributed by atoms with E-state index in [1.165, 1.54) is 11.1 Å². The Balaban J connectivity index is 1.48. The highest BCUT2D eigenvalue weighted by atomic mass is 16.4. The van der Waals surface area contributed by atoms with Crippen LogP contribution in [0.25, 0.3) is 11.5 Å². The lowest BCUT2D eigenvalue weighted by Crippen LogP contribution is -2.12. The topological polar surface area (TPSA) is 84.4 Å². The molecule has 2 heterocycles. The highest BCUT2D eigenvalue weighted by Crippen LogP contribution is 2.40. The van der Waals surface area contributed by atoms with E-state index in [4.69, 9.17) is 4.42 Å². The minimum absolute atomic E-state index is 0.0179. The summed E-state index contributed by atoms with van der Waals surface area (Å²) in [4.78, 5) is 4.26. The zero-order valence-corrected chi connectivity index (χ0v) is 18.8. The van der Waals surface area contributed by atoms with Gasteiger partial charge in [0.15, 0.2) is 0 Å². The van der Waals surface area contributed by atoms with E-state index in [2.05, 4.69) is 51.5 Å². The van der Waals surface area contributed by atoms with Crippen molar-refractivity contribution in [3.05, 3.63) is 101 Å². The zero-order valence-electron chi connectivity index (χ0n) is 18.8. The normalized spacial score (nSPS) is 14.9. The second-order valence-corrected chi connectivity index (χ2v) is 8.69. The number of nitrogens with zero attached hydrogens (tertiary/aromatic N) is 4. The molecule has 1 aliphatic carbocycles. The van der Waals surface area contributed by atoms with Gasteiger partial charge in [0.05, 0.1) is 5.71 Å². The Morgan fingerprint density at radius 1 is 1.06 bits per heavy atom. The highest BCUT2D eigenvalue weighted by molar-refractivity contribution is 6.01. The molecule has 33 heavy (non-hydrogen) atoms. The van der Waals surface area contributed by atoms with Crippen LogP contribution in [0.15, 0.2) is 76.4 Å². The fraction of sp³-hybridized carbons (Fsp3) is 0.259. The van der Waals surface area contributed by atoms with Crippen molar-refractivity contribution in [2.45, 2.75) is 44.9 Å². The van der Waals surface area contributed by atoms with Crippen molar-refractivity contribution in [1.29, 1.82) is 0 Å². The second-order valence-electron chi connectivity index (χ2n) is 8.69. The number of rotatable bonds is 7. The number of hydrogen-bond acceptors (Lipinski definition) is 6. The van der Waals surface area contributed by atoms with Gasteiger partial charge in [0.2, 0.25) is 11.8 Å². The first-order valence-corrected chi connectivity index (χ1v) is 11.3. The van der Waals surface area contributed by atoms with Crippen molar-refractivity contribution in [1.82, 2.24) is 15.2 Å². The second kappa shape index (κ2) is 8.98. The number of pyridine rings is 1. The maximum Gasteiger partial charge on any atom is 0.247 e. The molecule has 6 nitrogen and oxygen atoms in total. The summed E-state index contributed by atoms with van der Waals surface area (Å²) in [6, 6.07) is 20.4. The molecule has 1 saturated carbocycles. The van der Waals surface area contributed by atoms with Crippen LogP contribution >= 0.6 is 0 Å². The third-order valence-electron chi connectivity index (χ3n) is 6.24. The predicted molar refractivity (Wildman–Crippen MR) is 127 cm³/mol. The number of hydrogen-bond donors (Lipinski definition) is 1. The van der Waals surface area contributed by atoms with Gasteiger partial charge in [0, 0.05) is 41.3 Å². The minimum Gasteiger partial charge on any atom is -0.420 e. The van der Waals surface area contributed by atoms with E-state index in [0.29, 0.717) is 23.9 Å². The molecule has 2 aromatic carbocycles. The average Bonchev–Trinajstić information content (AvgIpc) is 3.57. The third-order valence-corrected chi connectivity index (χ3v) is 6.24. The van der Waals surface area contributed by atoms with Gasteiger partial charge >= 0.3 is 0 Å². The van der Waals surface area contributed by atoms with Crippen LogP contribution in [0, 0.1) is 13.8 Å². The van der Waals surface area contributed by atoms with Gasteiger partial charge in [-0.25, -0.2) is 0 Å². The van der Waals surface area contributed by atoms with Crippen LogP contribution in [0.5, 0.6) is 0 Å². The Morgan fingerprint density at radius 2 is 1.85 bits per heavy atom. The van der Waals surface area contributed by atoms with Gasteiger partial charge in [-0.1, -0.05) is 41.6 Å². The zero-order chi connectivity index (χ0) is 22.8. The van der Waals surface area contributed by atoms with Gasteiger partial charge in [-0.3, -0.25) is 4.98 Å². The molecule has 0 bridgehead atoms. The molecule has 1 aliphatic rings. The molecule has 6 heteroatoms. The summed E-state index contributed by atoms with van der Waals surface area (Å²) in [5, 5.41) is 22.0. The lowest BCUT2D eigenvalue weighted by atomic mass is 9.83. The lowest BCUT2D eigenvalue weighted by molar-refractivity contribution is 0.317. The molecule has 1 N–H and O–H groups in total. The Labute approximate surface area is 193 Å². The van der Waals surface area contributed by atoms with Crippen molar-refractivity contribution >= 4 is 5.71 Å². The molecule has 0 saturated heterocycles. The van der Waals surface area contributed by atoms with E-state index < -0.39 is 0 Å². The van der Waals surface area contributed by atoms with E-state index in [0.717, 1.165) is 41.1 Å². The van der Waals surface area contributed by atoms with Crippen LogP contribution in [0.1, 0.15) is 64.9 Å². The maximum atomic E-state index is 9.87. The Kier molecular flexibility index (Phi) is 5.73. The fourth-order valence-electron chi connectivity index (χ4n) is 4.22. The van der Waals surface area contributed by atoms with Gasteiger partial charge in [0.25, 0.3) is 0 Å². The fourth-order valence-corrected chi connectivity index (χ4v) is 4.22. The first-order valence-electron chi connectivity index (χ1n) is 11.3. The van der Waals surface area contributed by atoms with Gasteiger partial charge < -0.3 is 9.62 Å². The van der Waals surface area contributed by atoms with Gasteiger partial charge in [0.1, 0.15) is 0 Å². The molecule has 166 valence electrons. The van der Waals surface area contributed by atoms with E-state index >= 15 is 0 Å². The van der Waals surface area contributed by atoms with Gasteiger partial charge in [-0.15, -0.1) is 10.2 Å². The summed E-state index contributed by atoms with van der Waals surface area (Å²) < 4.78 is 5.87. The van der Waals surface area contributed by atoms with Crippen molar-refractivity contribution in [3.8, 4) is 11.5 Å². The first-order chi connectivity index (χ1) is 16.1. The monoisotopic (exact) mass is 438 g/mol. The number of aromatic nitrogens is 3. The summed E-state index contributed by atoms with van der Waals surface area (Å²) in [7, 11) is 0. The molecule has 0 unspecified atom stereocenters. The van der Waals surface area contributed by atoms with Crippen molar-refractivity contribution in [3.63, 3.8) is 0 Å². The molecular formula is C27H26N4O2. The van der Waals surface area contributed by atoms with E-state index in [1.807, 2.05) is 43.3 Å². The first kappa shape index (κ1) is 21.1. The molecule has 2 aromatic heterocycles. The molecule has 4 aromatic rings. The summed E-state index contributed by atoms with van der Waals surface area (Å²) in [5.41, 5.74) is 6.81. The minimum atomic E-state index is 0.0179. The van der Waals surface area contributed by atoms with E-state index in [1.54, 1.807) is 6.20 Å². The largest absolute Gasteiger partial charge is 0.420 e. The Morgan fingerprint density at radius 3 is 2.55 bits per heavy atom. The summed E-state index contributed by atoms with van der Waals surface area (Å²) >= 11 is 0. The maximum absolute atomic E-state index is 9.87. The number of oxime groups is 1. The lowest BCUT2D eigenvalue weighted by Gasteiger charge is -2.21. The van der Waals surface area contributed by atoms with E-state index in [-0.39, 0.29) is 5.92 Å². The van der Waals surface area contributed by atoms with Crippen LogP contribution in [0.3, 0.4) is 0 Å². The molecule has 5 rings (SSSR count). The molecule has 1 atom stereocenters. The van der Waals surface area contributed by atoms with E-state index in [9.17, 15) is 5.21 Å².